The smallest absolute Gasteiger partial charge is 0.335 e. The number of methoxy groups -OCH3 is 1. The Kier molecular flexibility index (Phi) is 5.30. The number of aliphatic carboxylic acids is 1. The van der Waals surface area contributed by atoms with Crippen LogP contribution < -0.4 is 0 Å². The molecule has 1 aliphatic carbocycles. The zero-order chi connectivity index (χ0) is 17.3. The molecule has 130 valence electrons. The summed E-state index contributed by atoms with van der Waals surface area (Å²) in [7, 11) is 1.46. The highest BCUT2D eigenvalue weighted by atomic mass is 16.7. The quantitative estimate of drug-likeness (QED) is 0.548. The fraction of sp³-hybridized carbons (Fsp3) is 0.667. The normalized spacial score (nSPS) is 40.9. The first-order chi connectivity index (χ1) is 10.8. The number of aliphatic hydroxyl groups is 3. The molecule has 1 aliphatic heterocycles. The summed E-state index contributed by atoms with van der Waals surface area (Å²) in [5.74, 6) is -0.392. The largest absolute Gasteiger partial charge is 0.493 e. The van der Waals surface area contributed by atoms with E-state index < -0.39 is 36.7 Å². The molecule has 7 atom stereocenters. The fourth-order valence-corrected chi connectivity index (χ4v) is 2.49. The number of ether oxygens (including phenoxy) is 3. The minimum atomic E-state index is -1.75. The molecule has 0 spiro atoms. The Balaban J connectivity index is 2.19. The van der Waals surface area contributed by atoms with Gasteiger partial charge in [-0.2, -0.15) is 0 Å². The third kappa shape index (κ3) is 3.50. The first-order valence-electron chi connectivity index (χ1n) is 7.33. The van der Waals surface area contributed by atoms with Crippen LogP contribution in [-0.4, -0.2) is 64.2 Å². The second-order valence-corrected chi connectivity index (χ2v) is 5.84. The fourth-order valence-electron chi connectivity index (χ4n) is 2.49. The maximum absolute atomic E-state index is 11.1. The van der Waals surface area contributed by atoms with Gasteiger partial charge < -0.3 is 34.6 Å². The van der Waals surface area contributed by atoms with E-state index in [0.29, 0.717) is 5.76 Å². The van der Waals surface area contributed by atoms with Crippen molar-refractivity contribution in [2.24, 2.45) is 11.8 Å². The molecule has 0 aromatic rings. The van der Waals surface area contributed by atoms with Crippen molar-refractivity contribution in [3.05, 3.63) is 23.7 Å². The Hall–Kier alpha value is -1.61. The first-order valence-corrected chi connectivity index (χ1v) is 7.33. The number of carboxylic acids is 1. The molecule has 2 rings (SSSR count). The van der Waals surface area contributed by atoms with Crippen molar-refractivity contribution < 1.29 is 39.4 Å². The molecule has 1 saturated heterocycles. The Labute approximate surface area is 133 Å². The van der Waals surface area contributed by atoms with Crippen molar-refractivity contribution in [2.45, 2.75) is 44.6 Å². The van der Waals surface area contributed by atoms with Gasteiger partial charge in [-0.15, -0.1) is 0 Å². The van der Waals surface area contributed by atoms with Crippen molar-refractivity contribution in [1.82, 2.24) is 0 Å². The molecule has 2 unspecified atom stereocenters. The number of aliphatic hydroxyl groups excluding tert-OH is 3. The number of hydrogen-bond acceptors (Lipinski definition) is 7. The minimum absolute atomic E-state index is 0.135. The third-order valence-electron chi connectivity index (χ3n) is 4.18. The molecule has 0 aromatic heterocycles. The van der Waals surface area contributed by atoms with E-state index in [4.69, 9.17) is 19.3 Å². The van der Waals surface area contributed by atoms with Gasteiger partial charge in [0.1, 0.15) is 18.3 Å². The second kappa shape index (κ2) is 6.88. The molecule has 0 bridgehead atoms. The molecule has 4 N–H and O–H groups in total. The van der Waals surface area contributed by atoms with Gasteiger partial charge in [-0.3, -0.25) is 0 Å². The summed E-state index contributed by atoms with van der Waals surface area (Å²) in [4.78, 5) is 11.1. The maximum atomic E-state index is 11.1. The predicted octanol–water partition coefficient (Wildman–Crippen LogP) is -0.405. The van der Waals surface area contributed by atoms with Crippen molar-refractivity contribution >= 4 is 5.97 Å². The van der Waals surface area contributed by atoms with E-state index in [0.717, 1.165) is 0 Å². The topological polar surface area (TPSA) is 126 Å². The molecule has 0 radical (unpaired) electrons. The van der Waals surface area contributed by atoms with Crippen molar-refractivity contribution in [3.63, 3.8) is 0 Å². The average Bonchev–Trinajstić information content (AvgIpc) is 2.50. The van der Waals surface area contributed by atoms with Crippen molar-refractivity contribution in [3.8, 4) is 0 Å². The average molecular weight is 330 g/mol. The van der Waals surface area contributed by atoms with Crippen LogP contribution in [0.4, 0.5) is 0 Å². The molecular formula is C15H22O8. The van der Waals surface area contributed by atoms with Gasteiger partial charge in [0.25, 0.3) is 0 Å². The van der Waals surface area contributed by atoms with Crippen molar-refractivity contribution in [2.75, 3.05) is 7.11 Å². The summed E-state index contributed by atoms with van der Waals surface area (Å²) >= 11 is 0. The summed E-state index contributed by atoms with van der Waals surface area (Å²) in [5.41, 5.74) is 0. The molecular weight excluding hydrogens is 308 g/mol. The van der Waals surface area contributed by atoms with Crippen LogP contribution in [0.3, 0.4) is 0 Å². The molecule has 0 amide bonds. The van der Waals surface area contributed by atoms with Crippen LogP contribution in [0.15, 0.2) is 23.7 Å². The first kappa shape index (κ1) is 17.7. The summed E-state index contributed by atoms with van der Waals surface area (Å²) in [6.45, 7) is 3.97. The van der Waals surface area contributed by atoms with E-state index in [9.17, 15) is 20.1 Å². The van der Waals surface area contributed by atoms with Gasteiger partial charge in [-0.1, -0.05) is 13.8 Å². The number of rotatable bonds is 4. The number of carboxylic acid groups (broad SMARTS) is 1. The van der Waals surface area contributed by atoms with Gasteiger partial charge in [0.15, 0.2) is 17.6 Å². The van der Waals surface area contributed by atoms with Gasteiger partial charge >= 0.3 is 5.97 Å². The van der Waals surface area contributed by atoms with E-state index >= 15 is 0 Å². The molecule has 2 aliphatic rings. The SMILES string of the molecule is COC1=CC(C)C(C)C=C1O[C@@H]1O[C@H](C(=O)O)[C@@H](O)[C@H](O)[C@H]1O. The van der Waals surface area contributed by atoms with E-state index in [-0.39, 0.29) is 17.6 Å². The number of carbonyl (C=O) groups is 1. The van der Waals surface area contributed by atoms with E-state index in [1.54, 1.807) is 6.08 Å². The molecule has 23 heavy (non-hydrogen) atoms. The zero-order valence-corrected chi connectivity index (χ0v) is 13.1. The highest BCUT2D eigenvalue weighted by Gasteiger charge is 2.48. The summed E-state index contributed by atoms with van der Waals surface area (Å²) in [5, 5.41) is 38.5. The molecule has 1 heterocycles. The number of hydrogen-bond donors (Lipinski definition) is 4. The molecule has 8 heteroatoms. The summed E-state index contributed by atoms with van der Waals surface area (Å²) < 4.78 is 15.8. The molecule has 0 saturated carbocycles. The van der Waals surface area contributed by atoms with Gasteiger partial charge in [-0.05, 0) is 24.0 Å². The van der Waals surface area contributed by atoms with Crippen LogP contribution in [-0.2, 0) is 19.0 Å². The standard InChI is InChI=1S/C15H22O8/c1-6-4-8(21-3)9(5-7(6)2)22-15-12(18)10(16)11(17)13(23-15)14(19)20/h4-7,10-13,15-18H,1-3H3,(H,19,20)/t6?,7?,10-,11-,12+,13-,15+/m0/s1. The zero-order valence-electron chi connectivity index (χ0n) is 13.1. The van der Waals surface area contributed by atoms with Gasteiger partial charge in [0.05, 0.1) is 7.11 Å². The lowest BCUT2D eigenvalue weighted by atomic mass is 9.90. The van der Waals surface area contributed by atoms with E-state index in [2.05, 4.69) is 0 Å². The van der Waals surface area contributed by atoms with Crippen LogP contribution in [0.25, 0.3) is 0 Å². The van der Waals surface area contributed by atoms with E-state index in [1.165, 1.54) is 7.11 Å². The second-order valence-electron chi connectivity index (χ2n) is 5.84. The Morgan fingerprint density at radius 3 is 2.13 bits per heavy atom. The lowest BCUT2D eigenvalue weighted by molar-refractivity contribution is -0.284. The summed E-state index contributed by atoms with van der Waals surface area (Å²) in [6, 6.07) is 0. The molecule has 8 nitrogen and oxygen atoms in total. The molecule has 0 aromatic carbocycles. The maximum Gasteiger partial charge on any atom is 0.335 e. The lowest BCUT2D eigenvalue weighted by Gasteiger charge is -2.39. The Bertz CT molecular complexity index is 514. The monoisotopic (exact) mass is 330 g/mol. The van der Waals surface area contributed by atoms with Crippen molar-refractivity contribution in [1.29, 1.82) is 0 Å². The minimum Gasteiger partial charge on any atom is -0.493 e. The number of allylic oxidation sites excluding steroid dienone is 2. The summed E-state index contributed by atoms with van der Waals surface area (Å²) in [6.07, 6.45) is -4.59. The van der Waals surface area contributed by atoms with Gasteiger partial charge in [0, 0.05) is 0 Å². The highest BCUT2D eigenvalue weighted by Crippen LogP contribution is 2.32. The molecule has 1 fully saturated rings. The lowest BCUT2D eigenvalue weighted by Crippen LogP contribution is -2.60. The Morgan fingerprint density at radius 1 is 1.04 bits per heavy atom. The van der Waals surface area contributed by atoms with Crippen LogP contribution >= 0.6 is 0 Å². The van der Waals surface area contributed by atoms with Gasteiger partial charge in [-0.25, -0.2) is 4.79 Å². The van der Waals surface area contributed by atoms with Gasteiger partial charge in [0.2, 0.25) is 6.29 Å². The van der Waals surface area contributed by atoms with Crippen LogP contribution in [0.2, 0.25) is 0 Å². The Morgan fingerprint density at radius 2 is 1.61 bits per heavy atom. The van der Waals surface area contributed by atoms with Crippen LogP contribution in [0.5, 0.6) is 0 Å². The third-order valence-corrected chi connectivity index (χ3v) is 4.18. The van der Waals surface area contributed by atoms with Crippen LogP contribution in [0.1, 0.15) is 13.8 Å². The predicted molar refractivity (Wildman–Crippen MR) is 76.9 cm³/mol. The van der Waals surface area contributed by atoms with Crippen LogP contribution in [0, 0.1) is 11.8 Å². The highest BCUT2D eigenvalue weighted by molar-refractivity contribution is 5.73. The van der Waals surface area contributed by atoms with E-state index in [1.807, 2.05) is 19.9 Å².